The predicted molar refractivity (Wildman–Crippen MR) is 42.7 cm³/mol. The lowest BCUT2D eigenvalue weighted by Gasteiger charge is -2.04. The topological polar surface area (TPSA) is 9.23 Å². The van der Waals surface area contributed by atoms with Crippen molar-refractivity contribution in [3.8, 4) is 5.75 Å². The molecule has 0 spiro atoms. The maximum absolute atomic E-state index is 12.8. The molecule has 0 unspecified atom stereocenters. The molecule has 11 heavy (non-hydrogen) atoms. The Kier molecular flexibility index (Phi) is 2.35. The second kappa shape index (κ2) is 3.09. The monoisotopic (exact) mass is 174 g/mol. The third-order valence-electron chi connectivity index (χ3n) is 1.36. The summed E-state index contributed by atoms with van der Waals surface area (Å²) in [6.45, 7) is 1.78. The van der Waals surface area contributed by atoms with Crippen LogP contribution in [0.1, 0.15) is 5.56 Å². The zero-order valence-corrected chi connectivity index (χ0v) is 7.07. The zero-order valence-electron chi connectivity index (χ0n) is 6.32. The van der Waals surface area contributed by atoms with E-state index < -0.39 is 5.82 Å². The van der Waals surface area contributed by atoms with Crippen LogP contribution < -0.4 is 4.74 Å². The van der Waals surface area contributed by atoms with Crippen LogP contribution in [-0.4, -0.2) is 7.11 Å². The van der Waals surface area contributed by atoms with Crippen molar-refractivity contribution in [2.45, 2.75) is 6.92 Å². The van der Waals surface area contributed by atoms with E-state index in [0.717, 1.165) is 5.56 Å². The first kappa shape index (κ1) is 8.34. The van der Waals surface area contributed by atoms with Crippen molar-refractivity contribution in [2.24, 2.45) is 0 Å². The minimum atomic E-state index is -0.441. The molecule has 1 nitrogen and oxygen atoms in total. The lowest BCUT2D eigenvalue weighted by molar-refractivity contribution is 0.411. The zero-order chi connectivity index (χ0) is 8.43. The highest BCUT2D eigenvalue weighted by atomic mass is 35.5. The Bertz CT molecular complexity index is 273. The summed E-state index contributed by atoms with van der Waals surface area (Å²) < 4.78 is 17.6. The largest absolute Gasteiger partial charge is 0.495 e. The van der Waals surface area contributed by atoms with Crippen molar-refractivity contribution >= 4 is 11.6 Å². The summed E-state index contributed by atoms with van der Waals surface area (Å²) in [6, 6.07) is 3.05. The highest BCUT2D eigenvalue weighted by Gasteiger charge is 2.06. The number of aryl methyl sites for hydroxylation is 1. The molecule has 0 bridgehead atoms. The van der Waals surface area contributed by atoms with Gasteiger partial charge in [0.25, 0.3) is 0 Å². The van der Waals surface area contributed by atoms with Crippen LogP contribution in [-0.2, 0) is 0 Å². The van der Waals surface area contributed by atoms with Crippen LogP contribution in [0.2, 0.25) is 5.02 Å². The first-order valence-electron chi connectivity index (χ1n) is 3.15. The van der Waals surface area contributed by atoms with Gasteiger partial charge in [0.05, 0.1) is 7.11 Å². The maximum Gasteiger partial charge on any atom is 0.145 e. The molecule has 0 aliphatic carbocycles. The molecule has 0 aliphatic heterocycles. The number of rotatable bonds is 1. The van der Waals surface area contributed by atoms with E-state index in [0.29, 0.717) is 5.75 Å². The molecule has 3 heteroatoms. The van der Waals surface area contributed by atoms with Crippen molar-refractivity contribution < 1.29 is 9.13 Å². The Hall–Kier alpha value is -0.760. The third-order valence-corrected chi connectivity index (χ3v) is 1.73. The lowest BCUT2D eigenvalue weighted by atomic mass is 10.2. The van der Waals surface area contributed by atoms with Crippen LogP contribution in [0.15, 0.2) is 12.1 Å². The summed E-state index contributed by atoms with van der Waals surface area (Å²) in [5, 5.41) is 0.0399. The van der Waals surface area contributed by atoms with Gasteiger partial charge in [0.15, 0.2) is 0 Å². The van der Waals surface area contributed by atoms with Crippen molar-refractivity contribution in [1.29, 1.82) is 0 Å². The molecule has 0 heterocycles. The molecule has 0 fully saturated rings. The first-order chi connectivity index (χ1) is 5.15. The third kappa shape index (κ3) is 1.63. The molecular weight excluding hydrogens is 167 g/mol. The average molecular weight is 175 g/mol. The lowest BCUT2D eigenvalue weighted by Crippen LogP contribution is -1.88. The Morgan fingerprint density at radius 3 is 2.64 bits per heavy atom. The molecular formula is C8H8ClFO. The molecule has 0 radical (unpaired) electrons. The molecule has 1 rings (SSSR count). The number of benzene rings is 1. The second-order valence-corrected chi connectivity index (χ2v) is 2.64. The first-order valence-corrected chi connectivity index (χ1v) is 3.52. The van der Waals surface area contributed by atoms with E-state index in [2.05, 4.69) is 0 Å². The molecule has 0 N–H and O–H groups in total. The molecule has 0 atom stereocenters. The van der Waals surface area contributed by atoms with Crippen LogP contribution in [0.25, 0.3) is 0 Å². The number of hydrogen-bond donors (Lipinski definition) is 0. The minimum Gasteiger partial charge on any atom is -0.495 e. The molecule has 1 aromatic rings. The van der Waals surface area contributed by atoms with Gasteiger partial charge in [-0.3, -0.25) is 0 Å². The van der Waals surface area contributed by atoms with Gasteiger partial charge in [-0.15, -0.1) is 0 Å². The van der Waals surface area contributed by atoms with E-state index in [9.17, 15) is 4.39 Å². The Balaban J connectivity index is 3.24. The van der Waals surface area contributed by atoms with Crippen molar-refractivity contribution in [3.05, 3.63) is 28.5 Å². The van der Waals surface area contributed by atoms with Crippen LogP contribution in [0, 0.1) is 12.7 Å². The van der Waals surface area contributed by atoms with E-state index in [1.165, 1.54) is 13.2 Å². The molecule has 0 saturated heterocycles. The maximum atomic E-state index is 12.8. The summed E-state index contributed by atoms with van der Waals surface area (Å²) in [5.74, 6) is -0.0623. The van der Waals surface area contributed by atoms with Gasteiger partial charge in [-0.2, -0.15) is 0 Å². The van der Waals surface area contributed by atoms with Crippen LogP contribution in [0.3, 0.4) is 0 Å². The van der Waals surface area contributed by atoms with E-state index in [1.807, 2.05) is 0 Å². The average Bonchev–Trinajstić information content (AvgIpc) is 1.96. The van der Waals surface area contributed by atoms with E-state index >= 15 is 0 Å². The van der Waals surface area contributed by atoms with Gasteiger partial charge in [-0.05, 0) is 24.6 Å². The van der Waals surface area contributed by atoms with Crippen LogP contribution >= 0.6 is 11.6 Å². The van der Waals surface area contributed by atoms with Crippen molar-refractivity contribution in [2.75, 3.05) is 7.11 Å². The summed E-state index contributed by atoms with van der Waals surface area (Å²) in [4.78, 5) is 0. The smallest absolute Gasteiger partial charge is 0.145 e. The summed E-state index contributed by atoms with van der Waals surface area (Å²) >= 11 is 5.57. The van der Waals surface area contributed by atoms with Crippen molar-refractivity contribution in [3.63, 3.8) is 0 Å². The minimum absolute atomic E-state index is 0.0399. The van der Waals surface area contributed by atoms with Crippen LogP contribution in [0.4, 0.5) is 4.39 Å². The Labute approximate surface area is 69.7 Å². The number of hydrogen-bond acceptors (Lipinski definition) is 1. The Morgan fingerprint density at radius 1 is 1.45 bits per heavy atom. The van der Waals surface area contributed by atoms with Gasteiger partial charge in [0.2, 0.25) is 0 Å². The van der Waals surface area contributed by atoms with Gasteiger partial charge < -0.3 is 4.74 Å². The molecule has 60 valence electrons. The second-order valence-electron chi connectivity index (χ2n) is 2.26. The van der Waals surface area contributed by atoms with Gasteiger partial charge >= 0.3 is 0 Å². The fourth-order valence-corrected chi connectivity index (χ4v) is 1.03. The quantitative estimate of drug-likeness (QED) is 0.636. The highest BCUT2D eigenvalue weighted by molar-refractivity contribution is 6.32. The van der Waals surface area contributed by atoms with Crippen molar-refractivity contribution in [1.82, 2.24) is 0 Å². The summed E-state index contributed by atoms with van der Waals surface area (Å²) in [7, 11) is 1.46. The number of halogens is 2. The summed E-state index contributed by atoms with van der Waals surface area (Å²) in [5.41, 5.74) is 0.795. The van der Waals surface area contributed by atoms with E-state index in [4.69, 9.17) is 16.3 Å². The van der Waals surface area contributed by atoms with Gasteiger partial charge in [-0.1, -0.05) is 11.6 Å². The predicted octanol–water partition coefficient (Wildman–Crippen LogP) is 2.80. The molecule has 0 aliphatic rings. The fraction of sp³-hybridized carbons (Fsp3) is 0.250. The molecule has 0 saturated carbocycles. The summed E-state index contributed by atoms with van der Waals surface area (Å²) in [6.07, 6.45) is 0. The highest BCUT2D eigenvalue weighted by Crippen LogP contribution is 2.27. The molecule has 0 amide bonds. The van der Waals surface area contributed by atoms with Gasteiger partial charge in [0, 0.05) is 0 Å². The number of methoxy groups -OCH3 is 1. The number of ether oxygens (including phenoxy) is 1. The molecule has 0 aromatic heterocycles. The van der Waals surface area contributed by atoms with E-state index in [-0.39, 0.29) is 5.02 Å². The standard InChI is InChI=1S/C8H8ClFO/c1-5-3-6(10)8(9)7(4-5)11-2/h3-4H,1-2H3. The normalized spacial score (nSPS) is 9.82. The SMILES string of the molecule is COc1cc(C)cc(F)c1Cl. The van der Waals surface area contributed by atoms with E-state index in [1.54, 1.807) is 13.0 Å². The molecule has 1 aromatic carbocycles. The van der Waals surface area contributed by atoms with Crippen LogP contribution in [0.5, 0.6) is 5.75 Å². The van der Waals surface area contributed by atoms with Gasteiger partial charge in [0.1, 0.15) is 16.6 Å². The fourth-order valence-electron chi connectivity index (χ4n) is 0.841. The van der Waals surface area contributed by atoms with Gasteiger partial charge in [-0.25, -0.2) is 4.39 Å². The Morgan fingerprint density at radius 2 is 2.09 bits per heavy atom.